The second kappa shape index (κ2) is 6.99. The van der Waals surface area contributed by atoms with E-state index in [4.69, 9.17) is 0 Å². The molecule has 3 rings (SSSR count). The molecule has 0 bridgehead atoms. The fourth-order valence-electron chi connectivity index (χ4n) is 3.04. The lowest BCUT2D eigenvalue weighted by Crippen LogP contribution is -2.30. The van der Waals surface area contributed by atoms with Gasteiger partial charge in [-0.25, -0.2) is 13.2 Å². The van der Waals surface area contributed by atoms with Crippen LogP contribution in [-0.2, 0) is 16.4 Å². The van der Waals surface area contributed by atoms with Gasteiger partial charge in [-0.1, -0.05) is 18.2 Å². The standard InChI is InChI=1S/C19H23N3O3S/c1-4-26(24,25)22-11-10-15-8-9-16(12-18(15)22)20-19(23)21-17-7-5-6-13(2)14(17)3/h5-9,12H,4,10-11H2,1-3H3,(H2,20,21,23). The average Bonchev–Trinajstić information content (AvgIpc) is 3.03. The van der Waals surface area contributed by atoms with Crippen LogP contribution in [0.5, 0.6) is 0 Å². The van der Waals surface area contributed by atoms with Crippen molar-refractivity contribution in [2.24, 2.45) is 0 Å². The number of hydrogen-bond donors (Lipinski definition) is 2. The summed E-state index contributed by atoms with van der Waals surface area (Å²) in [7, 11) is -3.31. The fraction of sp³-hybridized carbons (Fsp3) is 0.316. The maximum absolute atomic E-state index is 12.3. The Hall–Kier alpha value is -2.54. The van der Waals surface area contributed by atoms with Gasteiger partial charge in [-0.2, -0.15) is 0 Å². The van der Waals surface area contributed by atoms with E-state index in [0.29, 0.717) is 24.3 Å². The van der Waals surface area contributed by atoms with Gasteiger partial charge in [0.05, 0.1) is 11.4 Å². The average molecular weight is 373 g/mol. The van der Waals surface area contributed by atoms with Gasteiger partial charge >= 0.3 is 6.03 Å². The normalized spacial score (nSPS) is 13.4. The van der Waals surface area contributed by atoms with Crippen molar-refractivity contribution in [2.75, 3.05) is 27.2 Å². The molecule has 7 heteroatoms. The van der Waals surface area contributed by atoms with E-state index in [1.54, 1.807) is 19.1 Å². The number of aryl methyl sites for hydroxylation is 1. The van der Waals surface area contributed by atoms with Gasteiger partial charge in [0.15, 0.2) is 0 Å². The lowest BCUT2D eigenvalue weighted by molar-refractivity contribution is 0.262. The molecule has 0 spiro atoms. The molecule has 0 atom stereocenters. The highest BCUT2D eigenvalue weighted by Crippen LogP contribution is 2.33. The molecule has 0 aliphatic carbocycles. The summed E-state index contributed by atoms with van der Waals surface area (Å²) in [5, 5.41) is 5.62. The molecular weight excluding hydrogens is 350 g/mol. The van der Waals surface area contributed by atoms with Crippen LogP contribution in [-0.4, -0.2) is 26.7 Å². The number of nitrogens with zero attached hydrogens (tertiary/aromatic N) is 1. The van der Waals surface area contributed by atoms with Crippen molar-refractivity contribution >= 4 is 33.1 Å². The van der Waals surface area contributed by atoms with Crippen molar-refractivity contribution in [3.05, 3.63) is 53.1 Å². The molecule has 0 aromatic heterocycles. The SMILES string of the molecule is CCS(=O)(=O)N1CCc2ccc(NC(=O)Nc3cccc(C)c3C)cc21. The summed E-state index contributed by atoms with van der Waals surface area (Å²) < 4.78 is 25.9. The molecule has 2 amide bonds. The predicted molar refractivity (Wildman–Crippen MR) is 106 cm³/mol. The predicted octanol–water partition coefficient (Wildman–Crippen LogP) is 3.66. The van der Waals surface area contributed by atoms with E-state index < -0.39 is 10.0 Å². The number of anilines is 3. The van der Waals surface area contributed by atoms with Gasteiger partial charge in [0.2, 0.25) is 10.0 Å². The minimum absolute atomic E-state index is 0.0528. The number of hydrogen-bond acceptors (Lipinski definition) is 3. The zero-order valence-electron chi connectivity index (χ0n) is 15.2. The molecule has 1 aliphatic rings. The first kappa shape index (κ1) is 18.3. The van der Waals surface area contributed by atoms with Crippen molar-refractivity contribution in [1.82, 2.24) is 0 Å². The van der Waals surface area contributed by atoms with Crippen LogP contribution in [0, 0.1) is 13.8 Å². The van der Waals surface area contributed by atoms with Crippen LogP contribution in [0.2, 0.25) is 0 Å². The maximum Gasteiger partial charge on any atom is 0.323 e. The number of benzene rings is 2. The third-order valence-electron chi connectivity index (χ3n) is 4.75. The Morgan fingerprint density at radius 1 is 1.15 bits per heavy atom. The minimum Gasteiger partial charge on any atom is -0.308 e. The fourth-order valence-corrected chi connectivity index (χ4v) is 4.19. The lowest BCUT2D eigenvalue weighted by atomic mass is 10.1. The number of fused-ring (bicyclic) bond motifs is 1. The van der Waals surface area contributed by atoms with Crippen LogP contribution in [0.1, 0.15) is 23.6 Å². The zero-order chi connectivity index (χ0) is 18.9. The van der Waals surface area contributed by atoms with E-state index >= 15 is 0 Å². The highest BCUT2D eigenvalue weighted by atomic mass is 32.2. The summed E-state index contributed by atoms with van der Waals surface area (Å²) in [6.07, 6.45) is 0.684. The largest absolute Gasteiger partial charge is 0.323 e. The number of nitrogens with one attached hydrogen (secondary N) is 2. The monoisotopic (exact) mass is 373 g/mol. The van der Waals surface area contributed by atoms with Gasteiger partial charge in [0.1, 0.15) is 0 Å². The second-order valence-electron chi connectivity index (χ2n) is 6.39. The molecule has 138 valence electrons. The quantitative estimate of drug-likeness (QED) is 0.858. The Morgan fingerprint density at radius 2 is 1.92 bits per heavy atom. The molecule has 1 heterocycles. The van der Waals surface area contributed by atoms with E-state index in [1.807, 2.05) is 38.1 Å². The van der Waals surface area contributed by atoms with Crippen LogP contribution in [0.3, 0.4) is 0 Å². The number of urea groups is 1. The Kier molecular flexibility index (Phi) is 4.91. The molecule has 0 radical (unpaired) electrons. The highest BCUT2D eigenvalue weighted by Gasteiger charge is 2.28. The summed E-state index contributed by atoms with van der Waals surface area (Å²) in [6, 6.07) is 10.7. The molecule has 0 saturated carbocycles. The first-order chi connectivity index (χ1) is 12.3. The van der Waals surface area contributed by atoms with E-state index in [-0.39, 0.29) is 11.8 Å². The van der Waals surface area contributed by atoms with Gasteiger partial charge in [-0.3, -0.25) is 4.31 Å². The molecule has 6 nitrogen and oxygen atoms in total. The summed E-state index contributed by atoms with van der Waals surface area (Å²) in [5.41, 5.74) is 5.04. The minimum atomic E-state index is -3.31. The Bertz CT molecular complexity index is 954. The van der Waals surface area contributed by atoms with Gasteiger partial charge in [-0.05, 0) is 62.1 Å². The lowest BCUT2D eigenvalue weighted by Gasteiger charge is -2.19. The van der Waals surface area contributed by atoms with Gasteiger partial charge in [-0.15, -0.1) is 0 Å². The topological polar surface area (TPSA) is 78.5 Å². The van der Waals surface area contributed by atoms with Crippen LogP contribution in [0.4, 0.5) is 21.9 Å². The van der Waals surface area contributed by atoms with Gasteiger partial charge in [0, 0.05) is 17.9 Å². The van der Waals surface area contributed by atoms with Crippen LogP contribution in [0.25, 0.3) is 0 Å². The van der Waals surface area contributed by atoms with Crippen molar-refractivity contribution in [2.45, 2.75) is 27.2 Å². The van der Waals surface area contributed by atoms with Crippen molar-refractivity contribution in [1.29, 1.82) is 0 Å². The molecule has 0 unspecified atom stereocenters. The first-order valence-corrected chi connectivity index (χ1v) is 10.2. The zero-order valence-corrected chi connectivity index (χ0v) is 16.0. The summed E-state index contributed by atoms with van der Waals surface area (Å²) in [4.78, 5) is 12.3. The van der Waals surface area contributed by atoms with E-state index in [0.717, 1.165) is 22.4 Å². The molecular formula is C19H23N3O3S. The number of carbonyl (C=O) groups excluding carboxylic acids is 1. The molecule has 0 saturated heterocycles. The molecule has 0 fully saturated rings. The van der Waals surface area contributed by atoms with Crippen LogP contribution in [0.15, 0.2) is 36.4 Å². The Labute approximate surface area is 154 Å². The third-order valence-corrected chi connectivity index (χ3v) is 6.53. The van der Waals surface area contributed by atoms with Gasteiger partial charge in [0.25, 0.3) is 0 Å². The number of carbonyl (C=O) groups is 1. The van der Waals surface area contributed by atoms with E-state index in [1.165, 1.54) is 4.31 Å². The first-order valence-electron chi connectivity index (χ1n) is 8.59. The molecule has 26 heavy (non-hydrogen) atoms. The highest BCUT2D eigenvalue weighted by molar-refractivity contribution is 7.92. The van der Waals surface area contributed by atoms with E-state index in [2.05, 4.69) is 10.6 Å². The number of rotatable bonds is 4. The third kappa shape index (κ3) is 3.53. The second-order valence-corrected chi connectivity index (χ2v) is 8.57. The van der Waals surface area contributed by atoms with E-state index in [9.17, 15) is 13.2 Å². The van der Waals surface area contributed by atoms with Crippen LogP contribution >= 0.6 is 0 Å². The van der Waals surface area contributed by atoms with Crippen molar-refractivity contribution in [3.63, 3.8) is 0 Å². The van der Waals surface area contributed by atoms with Crippen molar-refractivity contribution < 1.29 is 13.2 Å². The van der Waals surface area contributed by atoms with Gasteiger partial charge < -0.3 is 10.6 Å². The molecule has 2 aromatic carbocycles. The summed E-state index contributed by atoms with van der Waals surface area (Å²) in [6.45, 7) is 6.02. The summed E-state index contributed by atoms with van der Waals surface area (Å²) >= 11 is 0. The Balaban J connectivity index is 1.78. The van der Waals surface area contributed by atoms with Crippen molar-refractivity contribution in [3.8, 4) is 0 Å². The Morgan fingerprint density at radius 3 is 2.65 bits per heavy atom. The molecule has 1 aliphatic heterocycles. The molecule has 2 aromatic rings. The number of amides is 2. The number of sulfonamides is 1. The maximum atomic E-state index is 12.3. The summed E-state index contributed by atoms with van der Waals surface area (Å²) in [5.74, 6) is 0.0528. The molecule has 2 N–H and O–H groups in total. The van der Waals surface area contributed by atoms with Crippen LogP contribution < -0.4 is 14.9 Å². The smallest absolute Gasteiger partial charge is 0.308 e.